The SMILES string of the molecule is CN(C)C(=O)[C@@H]1CCCN(C(=O)CC(F)(F)F)C1. The first kappa shape index (κ1) is 14.8. The summed E-state index contributed by atoms with van der Waals surface area (Å²) >= 11 is 0. The molecule has 104 valence electrons. The third-order valence-electron chi connectivity index (χ3n) is 2.92. The van der Waals surface area contributed by atoms with Crippen LogP contribution in [0.5, 0.6) is 0 Å². The van der Waals surface area contributed by atoms with Crippen LogP contribution in [0.4, 0.5) is 13.2 Å². The van der Waals surface area contributed by atoms with Crippen molar-refractivity contribution in [2.75, 3.05) is 27.2 Å². The Balaban J connectivity index is 2.59. The van der Waals surface area contributed by atoms with Crippen LogP contribution in [0.15, 0.2) is 0 Å². The average molecular weight is 266 g/mol. The third kappa shape index (κ3) is 4.19. The number of piperidine rings is 1. The monoisotopic (exact) mass is 266 g/mol. The Morgan fingerprint density at radius 3 is 2.44 bits per heavy atom. The molecule has 1 rings (SSSR count). The first-order valence-corrected chi connectivity index (χ1v) is 5.76. The first-order valence-electron chi connectivity index (χ1n) is 5.76. The second-order valence-corrected chi connectivity index (χ2v) is 4.70. The van der Waals surface area contributed by atoms with Crippen molar-refractivity contribution >= 4 is 11.8 Å². The molecule has 7 heteroatoms. The van der Waals surface area contributed by atoms with Gasteiger partial charge in [0.15, 0.2) is 0 Å². The maximum Gasteiger partial charge on any atom is 0.397 e. The fourth-order valence-corrected chi connectivity index (χ4v) is 2.05. The Labute approximate surface area is 104 Å². The minimum Gasteiger partial charge on any atom is -0.349 e. The van der Waals surface area contributed by atoms with Gasteiger partial charge in [-0.2, -0.15) is 13.2 Å². The molecular weight excluding hydrogens is 249 g/mol. The van der Waals surface area contributed by atoms with Crippen LogP contribution in [-0.4, -0.2) is 55.0 Å². The number of hydrogen-bond donors (Lipinski definition) is 0. The van der Waals surface area contributed by atoms with Gasteiger partial charge in [-0.1, -0.05) is 0 Å². The molecule has 2 amide bonds. The summed E-state index contributed by atoms with van der Waals surface area (Å²) in [6, 6.07) is 0. The molecule has 0 aliphatic carbocycles. The van der Waals surface area contributed by atoms with Crippen LogP contribution in [0.1, 0.15) is 19.3 Å². The standard InChI is InChI=1S/C11H17F3N2O2/c1-15(2)10(18)8-4-3-5-16(7-8)9(17)6-11(12,13)14/h8H,3-7H2,1-2H3/t8-/m1/s1. The number of alkyl halides is 3. The van der Waals surface area contributed by atoms with Gasteiger partial charge in [0, 0.05) is 27.2 Å². The third-order valence-corrected chi connectivity index (χ3v) is 2.92. The fourth-order valence-electron chi connectivity index (χ4n) is 2.05. The summed E-state index contributed by atoms with van der Waals surface area (Å²) in [6.07, 6.45) is -4.76. The number of halogens is 3. The van der Waals surface area contributed by atoms with Gasteiger partial charge in [0.2, 0.25) is 11.8 Å². The van der Waals surface area contributed by atoms with Gasteiger partial charge in [0.1, 0.15) is 6.42 Å². The van der Waals surface area contributed by atoms with Crippen molar-refractivity contribution in [1.82, 2.24) is 9.80 Å². The largest absolute Gasteiger partial charge is 0.397 e. The lowest BCUT2D eigenvalue weighted by Gasteiger charge is -2.33. The van der Waals surface area contributed by atoms with Gasteiger partial charge in [0.25, 0.3) is 0 Å². The Bertz CT molecular complexity index is 329. The Morgan fingerprint density at radius 1 is 1.33 bits per heavy atom. The number of likely N-dealkylation sites (tertiary alicyclic amines) is 1. The normalized spacial score (nSPS) is 20.7. The van der Waals surface area contributed by atoms with Crippen LogP contribution in [0, 0.1) is 5.92 Å². The van der Waals surface area contributed by atoms with E-state index in [9.17, 15) is 22.8 Å². The Kier molecular flexibility index (Phi) is 4.59. The van der Waals surface area contributed by atoms with E-state index in [1.807, 2.05) is 0 Å². The summed E-state index contributed by atoms with van der Waals surface area (Å²) in [5.41, 5.74) is 0. The molecule has 0 aromatic rings. The molecule has 0 unspecified atom stereocenters. The van der Waals surface area contributed by atoms with Crippen molar-refractivity contribution in [1.29, 1.82) is 0 Å². The number of carbonyl (C=O) groups excluding carboxylic acids is 2. The maximum atomic E-state index is 12.1. The van der Waals surface area contributed by atoms with Crippen molar-refractivity contribution < 1.29 is 22.8 Å². The molecule has 1 fully saturated rings. The molecule has 0 saturated carbocycles. The van der Waals surface area contributed by atoms with Gasteiger partial charge in [-0.15, -0.1) is 0 Å². The van der Waals surface area contributed by atoms with Gasteiger partial charge in [0.05, 0.1) is 5.92 Å². The smallest absolute Gasteiger partial charge is 0.349 e. The molecule has 1 saturated heterocycles. The molecule has 1 heterocycles. The van der Waals surface area contributed by atoms with Crippen LogP contribution in [-0.2, 0) is 9.59 Å². The van der Waals surface area contributed by atoms with Crippen LogP contribution in [0.25, 0.3) is 0 Å². The van der Waals surface area contributed by atoms with Crippen LogP contribution in [0.2, 0.25) is 0 Å². The quantitative estimate of drug-likeness (QED) is 0.755. The average Bonchev–Trinajstić information content (AvgIpc) is 2.25. The number of nitrogens with zero attached hydrogens (tertiary/aromatic N) is 2. The van der Waals surface area contributed by atoms with E-state index in [0.717, 1.165) is 4.90 Å². The number of rotatable bonds is 2. The highest BCUT2D eigenvalue weighted by molar-refractivity contribution is 5.81. The molecule has 1 aliphatic rings. The van der Waals surface area contributed by atoms with Crippen molar-refractivity contribution in [3.8, 4) is 0 Å². The zero-order valence-electron chi connectivity index (χ0n) is 10.5. The second kappa shape index (κ2) is 5.58. The van der Waals surface area contributed by atoms with E-state index in [-0.39, 0.29) is 18.4 Å². The van der Waals surface area contributed by atoms with E-state index in [1.54, 1.807) is 14.1 Å². The van der Waals surface area contributed by atoms with Gasteiger partial charge < -0.3 is 9.80 Å². The first-order chi connectivity index (χ1) is 8.20. The Hall–Kier alpha value is -1.27. The van der Waals surface area contributed by atoms with E-state index < -0.39 is 18.5 Å². The Morgan fingerprint density at radius 2 is 1.94 bits per heavy atom. The highest BCUT2D eigenvalue weighted by atomic mass is 19.4. The summed E-state index contributed by atoms with van der Waals surface area (Å²) in [6.45, 7) is 0.387. The summed E-state index contributed by atoms with van der Waals surface area (Å²) in [5, 5.41) is 0. The molecule has 1 atom stereocenters. The molecule has 0 aromatic heterocycles. The van der Waals surface area contributed by atoms with E-state index in [0.29, 0.717) is 19.4 Å². The molecule has 4 nitrogen and oxygen atoms in total. The molecule has 0 radical (unpaired) electrons. The molecule has 0 bridgehead atoms. The minimum absolute atomic E-state index is 0.0892. The summed E-state index contributed by atoms with van der Waals surface area (Å²) < 4.78 is 36.4. The predicted molar refractivity (Wildman–Crippen MR) is 58.7 cm³/mol. The number of carbonyl (C=O) groups is 2. The molecule has 18 heavy (non-hydrogen) atoms. The van der Waals surface area contributed by atoms with Crippen molar-refractivity contribution in [2.24, 2.45) is 5.92 Å². The van der Waals surface area contributed by atoms with Gasteiger partial charge >= 0.3 is 6.18 Å². The summed E-state index contributed by atoms with van der Waals surface area (Å²) in [5.74, 6) is -1.47. The van der Waals surface area contributed by atoms with Gasteiger partial charge in [-0.25, -0.2) is 0 Å². The molecular formula is C11H17F3N2O2. The molecule has 0 aromatic carbocycles. The van der Waals surface area contributed by atoms with E-state index >= 15 is 0 Å². The number of amides is 2. The highest BCUT2D eigenvalue weighted by Crippen LogP contribution is 2.24. The van der Waals surface area contributed by atoms with Crippen molar-refractivity contribution in [2.45, 2.75) is 25.4 Å². The van der Waals surface area contributed by atoms with Crippen LogP contribution < -0.4 is 0 Å². The van der Waals surface area contributed by atoms with E-state index in [1.165, 1.54) is 4.90 Å². The molecule has 0 spiro atoms. The van der Waals surface area contributed by atoms with Crippen LogP contribution >= 0.6 is 0 Å². The van der Waals surface area contributed by atoms with Crippen molar-refractivity contribution in [3.05, 3.63) is 0 Å². The lowest BCUT2D eigenvalue weighted by atomic mass is 9.96. The van der Waals surface area contributed by atoms with Crippen LogP contribution in [0.3, 0.4) is 0 Å². The lowest BCUT2D eigenvalue weighted by Crippen LogP contribution is -2.46. The lowest BCUT2D eigenvalue weighted by molar-refractivity contribution is -0.163. The highest BCUT2D eigenvalue weighted by Gasteiger charge is 2.36. The molecule has 0 N–H and O–H groups in total. The van der Waals surface area contributed by atoms with E-state index in [2.05, 4.69) is 0 Å². The fraction of sp³-hybridized carbons (Fsp3) is 0.818. The van der Waals surface area contributed by atoms with Gasteiger partial charge in [-0.3, -0.25) is 9.59 Å². The minimum atomic E-state index is -4.49. The van der Waals surface area contributed by atoms with Crippen molar-refractivity contribution in [3.63, 3.8) is 0 Å². The zero-order valence-corrected chi connectivity index (χ0v) is 10.5. The second-order valence-electron chi connectivity index (χ2n) is 4.70. The maximum absolute atomic E-state index is 12.1. The number of hydrogen-bond acceptors (Lipinski definition) is 2. The predicted octanol–water partition coefficient (Wildman–Crippen LogP) is 1.27. The van der Waals surface area contributed by atoms with Gasteiger partial charge in [-0.05, 0) is 12.8 Å². The zero-order chi connectivity index (χ0) is 13.9. The molecule has 1 aliphatic heterocycles. The van der Waals surface area contributed by atoms with E-state index in [4.69, 9.17) is 0 Å². The summed E-state index contributed by atoms with van der Waals surface area (Å²) in [7, 11) is 3.19. The topological polar surface area (TPSA) is 40.6 Å². The summed E-state index contributed by atoms with van der Waals surface area (Å²) in [4.78, 5) is 25.7.